The van der Waals surface area contributed by atoms with Gasteiger partial charge in [-0.25, -0.2) is 24.7 Å². The van der Waals surface area contributed by atoms with Crippen molar-refractivity contribution in [3.63, 3.8) is 0 Å². The smallest absolute Gasteiger partial charge is 0.416 e. The number of hydrogen-bond acceptors (Lipinski definition) is 7. The molecule has 202 valence electrons. The number of imidazole rings is 2. The molecule has 0 aliphatic heterocycles. The van der Waals surface area contributed by atoms with Crippen LogP contribution in [0.1, 0.15) is 11.3 Å². The van der Waals surface area contributed by atoms with Gasteiger partial charge in [-0.05, 0) is 17.7 Å². The van der Waals surface area contributed by atoms with Crippen LogP contribution in [0.5, 0.6) is 5.88 Å². The Kier molecular flexibility index (Phi) is 6.49. The van der Waals surface area contributed by atoms with E-state index in [0.717, 1.165) is 6.20 Å². The Morgan fingerprint density at radius 1 is 1.10 bits per heavy atom. The van der Waals surface area contributed by atoms with Crippen molar-refractivity contribution in [2.75, 3.05) is 12.4 Å². The number of aryl methyl sites for hydroxylation is 1. The molecule has 39 heavy (non-hydrogen) atoms. The van der Waals surface area contributed by atoms with Crippen molar-refractivity contribution in [1.82, 2.24) is 34.1 Å². The van der Waals surface area contributed by atoms with Crippen molar-refractivity contribution in [2.45, 2.75) is 19.3 Å². The van der Waals surface area contributed by atoms with Crippen LogP contribution >= 0.6 is 0 Å². The summed E-state index contributed by atoms with van der Waals surface area (Å²) in [5, 5.41) is 2.85. The van der Waals surface area contributed by atoms with Gasteiger partial charge in [0.15, 0.2) is 23.0 Å². The summed E-state index contributed by atoms with van der Waals surface area (Å²) in [6.45, 7) is -3.08. The lowest BCUT2D eigenvalue weighted by Gasteiger charge is -2.11. The molecule has 2 N–H and O–H groups in total. The maximum absolute atomic E-state index is 13.0. The van der Waals surface area contributed by atoms with Gasteiger partial charge in [0, 0.05) is 32.1 Å². The van der Waals surface area contributed by atoms with E-state index in [0.29, 0.717) is 11.1 Å². The molecule has 1 aromatic carbocycles. The van der Waals surface area contributed by atoms with Gasteiger partial charge in [-0.15, -0.1) is 0 Å². The number of hydrogen-bond donors (Lipinski definition) is 2. The largest absolute Gasteiger partial charge is 0.434 e. The zero-order valence-electron chi connectivity index (χ0n) is 20.3. The number of nitrogens with one attached hydrogen (secondary N) is 2. The van der Waals surface area contributed by atoms with E-state index in [2.05, 4.69) is 35.0 Å². The van der Waals surface area contributed by atoms with Crippen LogP contribution in [0.2, 0.25) is 0 Å². The number of aromatic amines is 1. The molecule has 0 aliphatic carbocycles. The van der Waals surface area contributed by atoms with Crippen LogP contribution in [-0.2, 0) is 19.8 Å². The van der Waals surface area contributed by atoms with Crippen LogP contribution in [0.3, 0.4) is 0 Å². The van der Waals surface area contributed by atoms with Gasteiger partial charge in [0.25, 0.3) is 0 Å². The first-order valence-electron chi connectivity index (χ1n) is 11.3. The maximum Gasteiger partial charge on any atom is 0.434 e. The highest BCUT2D eigenvalue weighted by Crippen LogP contribution is 2.31. The standard InChI is InChI=1S/C24H19F5N8O2/c1-30-18-16-20(35-17(34-18)14-4-3-9-31-21(14)39-22(25)26)37(23(38)33-16)10-12-5-7-13(8-6-12)19-32-15(11-36(19)2)24(27,28)29/h3-9,11,22H,10H2,1-2H3,(H,33,38)(H,30,34,35). The third-order valence-electron chi connectivity index (χ3n) is 5.79. The maximum atomic E-state index is 13.0. The van der Waals surface area contributed by atoms with Crippen molar-refractivity contribution in [3.8, 4) is 28.7 Å². The van der Waals surface area contributed by atoms with Gasteiger partial charge in [0.2, 0.25) is 5.88 Å². The number of aromatic nitrogens is 7. The number of pyridine rings is 1. The molecule has 0 atom stereocenters. The summed E-state index contributed by atoms with van der Waals surface area (Å²) in [5.41, 5.74) is 0.149. The van der Waals surface area contributed by atoms with Gasteiger partial charge >= 0.3 is 18.5 Å². The van der Waals surface area contributed by atoms with E-state index in [9.17, 15) is 26.7 Å². The second-order valence-electron chi connectivity index (χ2n) is 8.35. The first-order valence-corrected chi connectivity index (χ1v) is 11.3. The molecule has 4 heterocycles. The Morgan fingerprint density at radius 3 is 2.49 bits per heavy atom. The van der Waals surface area contributed by atoms with Gasteiger partial charge in [-0.3, -0.25) is 4.57 Å². The fourth-order valence-electron chi connectivity index (χ4n) is 4.03. The molecule has 0 aliphatic rings. The number of ether oxygens (including phenoxy) is 1. The summed E-state index contributed by atoms with van der Waals surface area (Å²) in [5.74, 6) is -0.0124. The highest BCUT2D eigenvalue weighted by atomic mass is 19.4. The zero-order valence-corrected chi connectivity index (χ0v) is 20.3. The average molecular weight is 546 g/mol. The van der Waals surface area contributed by atoms with Crippen molar-refractivity contribution in [2.24, 2.45) is 7.05 Å². The van der Waals surface area contributed by atoms with Crippen molar-refractivity contribution in [1.29, 1.82) is 0 Å². The van der Waals surface area contributed by atoms with Crippen LogP contribution < -0.4 is 15.7 Å². The Bertz CT molecular complexity index is 1710. The first-order chi connectivity index (χ1) is 18.5. The summed E-state index contributed by atoms with van der Waals surface area (Å²) in [4.78, 5) is 31.8. The lowest BCUT2D eigenvalue weighted by atomic mass is 10.1. The highest BCUT2D eigenvalue weighted by molar-refractivity contribution is 5.85. The molecule has 0 bridgehead atoms. The third kappa shape index (κ3) is 5.02. The van der Waals surface area contributed by atoms with Gasteiger partial charge in [-0.2, -0.15) is 22.0 Å². The fraction of sp³-hybridized carbons (Fsp3) is 0.208. The molecule has 5 aromatic rings. The van der Waals surface area contributed by atoms with Crippen LogP contribution in [0.4, 0.5) is 27.8 Å². The number of nitrogens with zero attached hydrogens (tertiary/aromatic N) is 6. The molecule has 4 aromatic heterocycles. The fourth-order valence-corrected chi connectivity index (χ4v) is 4.03. The van der Waals surface area contributed by atoms with Crippen molar-refractivity contribution >= 4 is 17.0 Å². The molecule has 0 amide bonds. The van der Waals surface area contributed by atoms with E-state index in [1.165, 1.54) is 34.5 Å². The summed E-state index contributed by atoms with van der Waals surface area (Å²) in [6.07, 6.45) is -2.38. The molecule has 0 radical (unpaired) electrons. The number of alkyl halides is 5. The lowest BCUT2D eigenvalue weighted by molar-refractivity contribution is -0.140. The Labute approximate surface area is 216 Å². The number of fused-ring (bicyclic) bond motifs is 1. The van der Waals surface area contributed by atoms with E-state index in [1.54, 1.807) is 31.3 Å². The Morgan fingerprint density at radius 2 is 1.85 bits per heavy atom. The molecule has 0 fully saturated rings. The van der Waals surface area contributed by atoms with E-state index in [1.807, 2.05) is 0 Å². The highest BCUT2D eigenvalue weighted by Gasteiger charge is 2.34. The number of H-pyrrole nitrogens is 1. The van der Waals surface area contributed by atoms with Gasteiger partial charge in [-0.1, -0.05) is 24.3 Å². The molecule has 15 heteroatoms. The molecule has 0 unspecified atom stereocenters. The van der Waals surface area contributed by atoms with Crippen LogP contribution in [0, 0.1) is 0 Å². The molecular formula is C24H19F5N8O2. The Hall–Kier alpha value is -4.82. The summed E-state index contributed by atoms with van der Waals surface area (Å²) in [7, 11) is 3.04. The van der Waals surface area contributed by atoms with E-state index < -0.39 is 24.2 Å². The van der Waals surface area contributed by atoms with Gasteiger partial charge in [0.05, 0.1) is 12.1 Å². The van der Waals surface area contributed by atoms with Gasteiger partial charge in [0.1, 0.15) is 11.3 Å². The van der Waals surface area contributed by atoms with Crippen molar-refractivity contribution in [3.05, 3.63) is 70.5 Å². The molecule has 0 saturated carbocycles. The summed E-state index contributed by atoms with van der Waals surface area (Å²) < 4.78 is 72.0. The zero-order chi connectivity index (χ0) is 27.9. The lowest BCUT2D eigenvalue weighted by Crippen LogP contribution is -2.17. The predicted molar refractivity (Wildman–Crippen MR) is 130 cm³/mol. The minimum atomic E-state index is -4.57. The number of anilines is 1. The number of benzene rings is 1. The van der Waals surface area contributed by atoms with Crippen LogP contribution in [-0.4, -0.2) is 47.7 Å². The Balaban J connectivity index is 1.52. The molecule has 5 rings (SSSR count). The minimum Gasteiger partial charge on any atom is -0.416 e. The normalized spacial score (nSPS) is 11.9. The predicted octanol–water partition coefficient (Wildman–Crippen LogP) is 4.29. The van der Waals surface area contributed by atoms with Gasteiger partial charge < -0.3 is 19.6 Å². The molecule has 10 nitrogen and oxygen atoms in total. The SMILES string of the molecule is CNc1nc(-c2cccnc2OC(F)F)nc2c1[nH]c(=O)n2Cc1ccc(-c2nc(C(F)(F)F)cn2C)cc1. The summed E-state index contributed by atoms with van der Waals surface area (Å²) in [6, 6.07) is 9.46. The second kappa shape index (κ2) is 9.81. The van der Waals surface area contributed by atoms with E-state index in [4.69, 9.17) is 0 Å². The quantitative estimate of drug-likeness (QED) is 0.293. The van der Waals surface area contributed by atoms with Crippen LogP contribution in [0.25, 0.3) is 33.9 Å². The van der Waals surface area contributed by atoms with E-state index in [-0.39, 0.29) is 46.6 Å². The number of rotatable bonds is 7. The third-order valence-corrected chi connectivity index (χ3v) is 5.79. The van der Waals surface area contributed by atoms with E-state index >= 15 is 0 Å². The van der Waals surface area contributed by atoms with Crippen molar-refractivity contribution < 1.29 is 26.7 Å². The van der Waals surface area contributed by atoms with Crippen LogP contribution in [0.15, 0.2) is 53.6 Å². The average Bonchev–Trinajstić information content (AvgIpc) is 3.44. The molecule has 0 spiro atoms. The second-order valence-corrected chi connectivity index (χ2v) is 8.35. The monoisotopic (exact) mass is 546 g/mol. The first kappa shape index (κ1) is 25.8. The molecule has 0 saturated heterocycles. The molecular weight excluding hydrogens is 527 g/mol. The number of halogens is 5. The summed E-state index contributed by atoms with van der Waals surface area (Å²) >= 11 is 0. The minimum absolute atomic E-state index is 0.00560. The topological polar surface area (TPSA) is 116 Å².